The van der Waals surface area contributed by atoms with Gasteiger partial charge >= 0.3 is 0 Å². The van der Waals surface area contributed by atoms with Gasteiger partial charge in [-0.25, -0.2) is 0 Å². The van der Waals surface area contributed by atoms with Crippen LogP contribution in [0.15, 0.2) is 72.6 Å². The maximum absolute atomic E-state index is 12.2. The molecule has 6 heteroatoms. The Hall–Kier alpha value is -2.63. The topological polar surface area (TPSA) is 50.2 Å². The van der Waals surface area contributed by atoms with Crippen molar-refractivity contribution in [2.45, 2.75) is 67.2 Å². The Labute approximate surface area is 270 Å². The van der Waals surface area contributed by atoms with Crippen molar-refractivity contribution in [1.29, 1.82) is 0 Å². The van der Waals surface area contributed by atoms with Crippen molar-refractivity contribution in [3.8, 4) is 0 Å². The number of carbonyl (C=O) groups excluding carboxylic acids is 1. The number of thiophene rings is 1. The summed E-state index contributed by atoms with van der Waals surface area (Å²) in [5.74, 6) is 0.286. The average molecular weight is 773 g/mol. The Morgan fingerprint density at radius 3 is 2.14 bits per heavy atom. The molecule has 0 aliphatic rings. The van der Waals surface area contributed by atoms with Gasteiger partial charge in [-0.2, -0.15) is 11.3 Å². The van der Waals surface area contributed by atoms with Gasteiger partial charge in [0.05, 0.1) is 0 Å². The first-order valence-electron chi connectivity index (χ1n) is 14.6. The third-order valence-electron chi connectivity index (χ3n) is 9.23. The zero-order valence-electron chi connectivity index (χ0n) is 25.1. The van der Waals surface area contributed by atoms with Gasteiger partial charge in [0.2, 0.25) is 0 Å². The first-order chi connectivity index (χ1) is 19.7. The molecular formula is C36H38IrNO2S2-. The second-order valence-corrected chi connectivity index (χ2v) is 13.5. The Kier molecular flexibility index (Phi) is 9.94. The second kappa shape index (κ2) is 12.9. The maximum atomic E-state index is 12.2. The number of nitrogens with zero attached hydrogens (tertiary/aromatic N) is 1. The Balaban J connectivity index is 0.000000203. The van der Waals surface area contributed by atoms with Gasteiger partial charge in [0.25, 0.3) is 0 Å². The van der Waals surface area contributed by atoms with Gasteiger partial charge < -0.3 is 10.1 Å². The molecule has 0 bridgehead atoms. The summed E-state index contributed by atoms with van der Waals surface area (Å²) < 4.78 is 5.22. The van der Waals surface area contributed by atoms with Crippen LogP contribution in [-0.4, -0.2) is 15.9 Å². The fraction of sp³-hybridized carbons (Fsp3) is 0.333. The molecule has 3 aromatic heterocycles. The largest absolute Gasteiger partial charge is 0.512 e. The van der Waals surface area contributed by atoms with E-state index in [-0.39, 0.29) is 42.5 Å². The molecule has 221 valence electrons. The number of fused-ring (bicyclic) bond motifs is 4. The van der Waals surface area contributed by atoms with E-state index in [2.05, 4.69) is 60.7 Å². The van der Waals surface area contributed by atoms with Crippen molar-refractivity contribution in [2.75, 3.05) is 0 Å². The van der Waals surface area contributed by atoms with Gasteiger partial charge in [-0.3, -0.25) is 4.79 Å². The smallest absolute Gasteiger partial charge is 0.164 e. The molecular weight excluding hydrogens is 735 g/mol. The van der Waals surface area contributed by atoms with Crippen LogP contribution in [0.4, 0.5) is 0 Å². The minimum Gasteiger partial charge on any atom is -0.512 e. The maximum Gasteiger partial charge on any atom is 0.164 e. The van der Waals surface area contributed by atoms with Crippen LogP contribution in [0.2, 0.25) is 0 Å². The van der Waals surface area contributed by atoms with Crippen molar-refractivity contribution in [3.05, 3.63) is 78.7 Å². The molecule has 0 fully saturated rings. The molecule has 0 spiro atoms. The fourth-order valence-corrected chi connectivity index (χ4v) is 7.69. The summed E-state index contributed by atoms with van der Waals surface area (Å²) in [7, 11) is 0. The number of benzene rings is 3. The number of aliphatic hydroxyl groups excluding tert-OH is 1. The molecule has 3 aromatic carbocycles. The van der Waals surface area contributed by atoms with E-state index >= 15 is 0 Å². The molecule has 1 N–H and O–H groups in total. The van der Waals surface area contributed by atoms with Crippen LogP contribution in [0.3, 0.4) is 0 Å². The number of hydrogen-bond donors (Lipinski definition) is 1. The Morgan fingerprint density at radius 2 is 1.48 bits per heavy atom. The third-order valence-corrected chi connectivity index (χ3v) is 11.5. The molecule has 0 atom stereocenters. The molecule has 0 aliphatic carbocycles. The van der Waals surface area contributed by atoms with E-state index in [1.807, 2.05) is 70.4 Å². The molecule has 3 heterocycles. The summed E-state index contributed by atoms with van der Waals surface area (Å²) in [6.45, 7) is 12.1. The molecule has 3 nitrogen and oxygen atoms in total. The van der Waals surface area contributed by atoms with Crippen molar-refractivity contribution < 1.29 is 30.0 Å². The number of aromatic nitrogens is 1. The summed E-state index contributed by atoms with van der Waals surface area (Å²) >= 11 is 3.70. The van der Waals surface area contributed by atoms with Crippen molar-refractivity contribution in [2.24, 2.45) is 10.8 Å². The van der Waals surface area contributed by atoms with Gasteiger partial charge in [0.15, 0.2) is 5.78 Å². The van der Waals surface area contributed by atoms with E-state index in [0.29, 0.717) is 0 Å². The molecule has 0 amide bonds. The molecule has 0 saturated heterocycles. The minimum atomic E-state index is -0.337. The second-order valence-electron chi connectivity index (χ2n) is 11.4. The number of hydrogen-bond acceptors (Lipinski definition) is 5. The monoisotopic (exact) mass is 773 g/mol. The standard InChI is InChI=1S/C21H10NS2.C15H28O2.Ir/c1-2-5-13-12(4-1)8-9-14-20-19-17(10-11-22-20)23-15-6-3-7-16(18(15)19)24-21(13)14;1-7-14(5,8-2)12(16)11-13(17)15(6,9-3)10-4;/h1-8,10-11H;11,16H,7-10H2,1-6H3;/q-1;;/b;12-11-;. The SMILES string of the molecule is CCC(C)(CC)C(=O)/C=C(\O)C(C)(CC)CC.[Ir].[c-]1cc2ccccc2c2sc3cccc4sc5ccnc(c12)c5c43. The van der Waals surface area contributed by atoms with Crippen molar-refractivity contribution in [1.82, 2.24) is 4.98 Å². The molecule has 42 heavy (non-hydrogen) atoms. The molecule has 6 aromatic rings. The van der Waals surface area contributed by atoms with Crippen LogP contribution in [0.1, 0.15) is 67.2 Å². The van der Waals surface area contributed by atoms with E-state index in [0.717, 1.165) is 36.6 Å². The summed E-state index contributed by atoms with van der Waals surface area (Å²) in [4.78, 5) is 16.9. The Morgan fingerprint density at radius 1 is 0.857 bits per heavy atom. The fourth-order valence-electron chi connectivity index (χ4n) is 5.26. The zero-order chi connectivity index (χ0) is 29.4. The van der Waals surface area contributed by atoms with Crippen LogP contribution < -0.4 is 0 Å². The quantitative estimate of drug-likeness (QED) is 0.0999. The van der Waals surface area contributed by atoms with Gasteiger partial charge in [0.1, 0.15) is 5.76 Å². The van der Waals surface area contributed by atoms with Crippen LogP contribution in [0.5, 0.6) is 0 Å². The average Bonchev–Trinajstić information content (AvgIpc) is 3.32. The van der Waals surface area contributed by atoms with Crippen LogP contribution in [-0.2, 0) is 24.9 Å². The molecule has 0 aliphatic heterocycles. The minimum absolute atomic E-state index is 0. The van der Waals surface area contributed by atoms with E-state index in [1.54, 1.807) is 0 Å². The summed E-state index contributed by atoms with van der Waals surface area (Å²) in [5, 5.41) is 16.4. The van der Waals surface area contributed by atoms with Crippen LogP contribution in [0.25, 0.3) is 51.2 Å². The molecule has 0 saturated carbocycles. The number of pyridine rings is 1. The van der Waals surface area contributed by atoms with Gasteiger partial charge in [-0.15, -0.1) is 28.9 Å². The third kappa shape index (κ3) is 5.67. The number of rotatable bonds is 7. The predicted molar refractivity (Wildman–Crippen MR) is 179 cm³/mol. The first kappa shape index (κ1) is 32.3. The summed E-state index contributed by atoms with van der Waals surface area (Å²) in [6.07, 6.45) is 6.68. The summed E-state index contributed by atoms with van der Waals surface area (Å²) in [5.41, 5.74) is 0.464. The van der Waals surface area contributed by atoms with Gasteiger partial charge in [-0.1, -0.05) is 82.6 Å². The number of aliphatic hydroxyl groups is 1. The molecule has 0 unspecified atom stereocenters. The van der Waals surface area contributed by atoms with Crippen molar-refractivity contribution in [3.63, 3.8) is 0 Å². The van der Waals surface area contributed by atoms with Crippen LogP contribution in [0, 0.1) is 16.9 Å². The van der Waals surface area contributed by atoms with Gasteiger partial charge in [0, 0.05) is 62.7 Å². The molecule has 1 radical (unpaired) electrons. The van der Waals surface area contributed by atoms with Crippen molar-refractivity contribution >= 4 is 79.7 Å². The summed E-state index contributed by atoms with van der Waals surface area (Å²) in [6, 6.07) is 22.9. The number of ketones is 1. The first-order valence-corrected chi connectivity index (χ1v) is 16.2. The Bertz CT molecular complexity index is 1910. The van der Waals surface area contributed by atoms with E-state index in [1.165, 1.54) is 46.4 Å². The predicted octanol–water partition coefficient (Wildman–Crippen LogP) is 11.4. The zero-order valence-corrected chi connectivity index (χ0v) is 29.2. The number of allylic oxidation sites excluding steroid dienone is 2. The van der Waals surface area contributed by atoms with E-state index in [9.17, 15) is 9.90 Å². The number of carbonyl (C=O) groups is 1. The van der Waals surface area contributed by atoms with Gasteiger partial charge in [-0.05, 0) is 59.5 Å². The molecule has 6 rings (SSSR count). The van der Waals surface area contributed by atoms with Crippen LogP contribution >= 0.6 is 22.7 Å². The van der Waals surface area contributed by atoms with E-state index in [4.69, 9.17) is 4.98 Å². The van der Waals surface area contributed by atoms with E-state index < -0.39 is 0 Å². The normalized spacial score (nSPS) is 12.6.